The molecule has 98 valence electrons. The zero-order valence-electron chi connectivity index (χ0n) is 10.7. The van der Waals surface area contributed by atoms with E-state index in [9.17, 15) is 4.79 Å². The molecule has 0 unspecified atom stereocenters. The van der Waals surface area contributed by atoms with E-state index in [0.717, 1.165) is 22.9 Å². The summed E-state index contributed by atoms with van der Waals surface area (Å²) in [6, 6.07) is 5.64. The molecule has 0 spiro atoms. The van der Waals surface area contributed by atoms with Crippen molar-refractivity contribution in [1.29, 1.82) is 0 Å². The second kappa shape index (κ2) is 6.37. The van der Waals surface area contributed by atoms with Crippen LogP contribution in [0.15, 0.2) is 22.7 Å². The van der Waals surface area contributed by atoms with Gasteiger partial charge in [0.1, 0.15) is 5.75 Å². The first-order chi connectivity index (χ1) is 8.72. The maximum Gasteiger partial charge on any atom is 0.169 e. The second-order valence-corrected chi connectivity index (χ2v) is 5.81. The van der Waals surface area contributed by atoms with Crippen LogP contribution in [0, 0.1) is 5.92 Å². The fourth-order valence-corrected chi connectivity index (χ4v) is 3.00. The van der Waals surface area contributed by atoms with Crippen LogP contribution in [0.25, 0.3) is 0 Å². The zero-order valence-corrected chi connectivity index (χ0v) is 12.3. The Labute approximate surface area is 117 Å². The first-order valence-corrected chi connectivity index (χ1v) is 7.39. The molecular weight excluding hydrogens is 292 g/mol. The fourth-order valence-electron chi connectivity index (χ4n) is 2.63. The molecule has 0 bridgehead atoms. The standard InChI is InChI=1S/C15H19BrO2/c1-18-14-9-8-12(16)10-13(14)15(17)11-6-4-2-3-5-7-11/h8-11H,2-7H2,1H3. The molecule has 18 heavy (non-hydrogen) atoms. The van der Waals surface area contributed by atoms with E-state index >= 15 is 0 Å². The summed E-state index contributed by atoms with van der Waals surface area (Å²) in [6.45, 7) is 0. The van der Waals surface area contributed by atoms with Crippen LogP contribution in [0.5, 0.6) is 5.75 Å². The van der Waals surface area contributed by atoms with Gasteiger partial charge in [-0.2, -0.15) is 0 Å². The van der Waals surface area contributed by atoms with E-state index in [0.29, 0.717) is 5.75 Å². The largest absolute Gasteiger partial charge is 0.496 e. The number of ether oxygens (including phenoxy) is 1. The number of halogens is 1. The monoisotopic (exact) mass is 310 g/mol. The van der Waals surface area contributed by atoms with Crippen molar-refractivity contribution in [2.45, 2.75) is 38.5 Å². The third-order valence-corrected chi connectivity index (χ3v) is 4.15. The molecule has 1 aromatic rings. The van der Waals surface area contributed by atoms with Crippen molar-refractivity contribution in [1.82, 2.24) is 0 Å². The van der Waals surface area contributed by atoms with Crippen LogP contribution < -0.4 is 4.74 Å². The van der Waals surface area contributed by atoms with E-state index in [2.05, 4.69) is 15.9 Å². The molecule has 0 N–H and O–H groups in total. The Morgan fingerprint density at radius 1 is 1.22 bits per heavy atom. The molecule has 1 saturated carbocycles. The highest BCUT2D eigenvalue weighted by molar-refractivity contribution is 9.10. The summed E-state index contributed by atoms with van der Waals surface area (Å²) in [7, 11) is 1.62. The molecular formula is C15H19BrO2. The summed E-state index contributed by atoms with van der Waals surface area (Å²) in [4.78, 5) is 12.6. The molecule has 3 heteroatoms. The highest BCUT2D eigenvalue weighted by Crippen LogP contribution is 2.31. The van der Waals surface area contributed by atoms with Gasteiger partial charge in [0.2, 0.25) is 0 Å². The average Bonchev–Trinajstić information content (AvgIpc) is 2.66. The van der Waals surface area contributed by atoms with Gasteiger partial charge in [-0.25, -0.2) is 0 Å². The molecule has 0 amide bonds. The van der Waals surface area contributed by atoms with Gasteiger partial charge < -0.3 is 4.74 Å². The van der Waals surface area contributed by atoms with Gasteiger partial charge in [0.25, 0.3) is 0 Å². The molecule has 0 atom stereocenters. The lowest BCUT2D eigenvalue weighted by atomic mass is 9.90. The minimum atomic E-state index is 0.177. The van der Waals surface area contributed by atoms with Crippen molar-refractivity contribution in [3.8, 4) is 5.75 Å². The molecule has 0 heterocycles. The predicted octanol–water partition coefficient (Wildman–Crippen LogP) is 4.61. The molecule has 1 aliphatic carbocycles. The maximum atomic E-state index is 12.6. The number of rotatable bonds is 3. The lowest BCUT2D eigenvalue weighted by Gasteiger charge is -2.15. The van der Waals surface area contributed by atoms with Crippen molar-refractivity contribution in [2.24, 2.45) is 5.92 Å². The van der Waals surface area contributed by atoms with Crippen LogP contribution in [-0.2, 0) is 0 Å². The summed E-state index contributed by atoms with van der Waals surface area (Å²) >= 11 is 3.43. The summed E-state index contributed by atoms with van der Waals surface area (Å²) in [5.74, 6) is 1.11. The Bertz CT molecular complexity index is 421. The van der Waals surface area contributed by atoms with Crippen molar-refractivity contribution in [3.05, 3.63) is 28.2 Å². The molecule has 2 rings (SSSR count). The number of methoxy groups -OCH3 is 1. The Morgan fingerprint density at radius 2 is 1.89 bits per heavy atom. The SMILES string of the molecule is COc1ccc(Br)cc1C(=O)C1CCCCCC1. The van der Waals surface area contributed by atoms with Gasteiger partial charge in [0.15, 0.2) is 5.78 Å². The Hall–Kier alpha value is -0.830. The summed E-state index contributed by atoms with van der Waals surface area (Å²) < 4.78 is 6.23. The Balaban J connectivity index is 2.23. The average molecular weight is 311 g/mol. The lowest BCUT2D eigenvalue weighted by Crippen LogP contribution is -2.15. The van der Waals surface area contributed by atoms with Crippen molar-refractivity contribution >= 4 is 21.7 Å². The van der Waals surface area contributed by atoms with Crippen LogP contribution >= 0.6 is 15.9 Å². The third kappa shape index (κ3) is 3.14. The van der Waals surface area contributed by atoms with Crippen LogP contribution in [0.4, 0.5) is 0 Å². The van der Waals surface area contributed by atoms with Gasteiger partial charge in [0, 0.05) is 10.4 Å². The van der Waals surface area contributed by atoms with E-state index < -0.39 is 0 Å². The second-order valence-electron chi connectivity index (χ2n) is 4.90. The Morgan fingerprint density at radius 3 is 2.50 bits per heavy atom. The topological polar surface area (TPSA) is 26.3 Å². The molecule has 1 aliphatic rings. The zero-order chi connectivity index (χ0) is 13.0. The molecule has 0 saturated heterocycles. The number of benzene rings is 1. The first-order valence-electron chi connectivity index (χ1n) is 6.60. The highest BCUT2D eigenvalue weighted by Gasteiger charge is 2.24. The van der Waals surface area contributed by atoms with Crippen LogP contribution in [0.1, 0.15) is 48.9 Å². The number of hydrogen-bond donors (Lipinski definition) is 0. The van der Waals surface area contributed by atoms with Gasteiger partial charge in [0.05, 0.1) is 12.7 Å². The van der Waals surface area contributed by atoms with Crippen molar-refractivity contribution < 1.29 is 9.53 Å². The minimum absolute atomic E-state index is 0.177. The van der Waals surface area contributed by atoms with Gasteiger partial charge in [-0.3, -0.25) is 4.79 Å². The summed E-state index contributed by atoms with van der Waals surface area (Å²) in [5, 5.41) is 0. The smallest absolute Gasteiger partial charge is 0.169 e. The maximum absolute atomic E-state index is 12.6. The van der Waals surface area contributed by atoms with E-state index in [-0.39, 0.29) is 11.7 Å². The van der Waals surface area contributed by atoms with Crippen molar-refractivity contribution in [2.75, 3.05) is 7.11 Å². The summed E-state index contributed by atoms with van der Waals surface area (Å²) in [6.07, 6.45) is 6.92. The highest BCUT2D eigenvalue weighted by atomic mass is 79.9. The predicted molar refractivity (Wildman–Crippen MR) is 76.2 cm³/mol. The van der Waals surface area contributed by atoms with E-state index in [4.69, 9.17) is 4.74 Å². The van der Waals surface area contributed by atoms with Crippen molar-refractivity contribution in [3.63, 3.8) is 0 Å². The number of carbonyl (C=O) groups excluding carboxylic acids is 1. The van der Waals surface area contributed by atoms with E-state index in [1.807, 2.05) is 18.2 Å². The van der Waals surface area contributed by atoms with Crippen LogP contribution in [-0.4, -0.2) is 12.9 Å². The quantitative estimate of drug-likeness (QED) is 0.602. The normalized spacial score (nSPS) is 17.2. The molecule has 1 fully saturated rings. The number of Topliss-reactive ketones (excluding diaryl/α,β-unsaturated/α-hetero) is 1. The number of carbonyl (C=O) groups is 1. The van der Waals surface area contributed by atoms with Crippen LogP contribution in [0.2, 0.25) is 0 Å². The molecule has 2 nitrogen and oxygen atoms in total. The summed E-state index contributed by atoms with van der Waals surface area (Å²) in [5.41, 5.74) is 0.721. The Kier molecular flexibility index (Phi) is 4.81. The van der Waals surface area contributed by atoms with Crippen LogP contribution in [0.3, 0.4) is 0 Å². The lowest BCUT2D eigenvalue weighted by molar-refractivity contribution is 0.0904. The van der Waals surface area contributed by atoms with Gasteiger partial charge in [-0.05, 0) is 31.0 Å². The minimum Gasteiger partial charge on any atom is -0.496 e. The number of hydrogen-bond acceptors (Lipinski definition) is 2. The van der Waals surface area contributed by atoms with E-state index in [1.54, 1.807) is 7.11 Å². The first kappa shape index (κ1) is 13.6. The fraction of sp³-hybridized carbons (Fsp3) is 0.533. The third-order valence-electron chi connectivity index (χ3n) is 3.65. The van der Waals surface area contributed by atoms with Gasteiger partial charge >= 0.3 is 0 Å². The number of ketones is 1. The molecule has 0 aliphatic heterocycles. The van der Waals surface area contributed by atoms with Gasteiger partial charge in [-0.15, -0.1) is 0 Å². The molecule has 0 radical (unpaired) electrons. The van der Waals surface area contributed by atoms with Gasteiger partial charge in [-0.1, -0.05) is 41.6 Å². The molecule has 0 aromatic heterocycles. The molecule has 1 aromatic carbocycles. The van der Waals surface area contributed by atoms with E-state index in [1.165, 1.54) is 25.7 Å².